The molecule has 0 radical (unpaired) electrons. The van der Waals surface area contributed by atoms with E-state index in [1.54, 1.807) is 37.0 Å². The number of fused-ring (bicyclic) bond motifs is 2. The molecule has 4 aliphatic rings. The number of hydrogen-bond acceptors (Lipinski definition) is 5. The summed E-state index contributed by atoms with van der Waals surface area (Å²) < 4.78 is 11.6. The van der Waals surface area contributed by atoms with Crippen molar-refractivity contribution in [3.63, 3.8) is 0 Å². The molecular formula is C19H19NO6. The molecule has 8 atom stereocenters. The Morgan fingerprint density at radius 2 is 2.04 bits per heavy atom. The number of nitrogens with zero attached hydrogens (tertiary/aromatic N) is 1. The number of amides is 1. The summed E-state index contributed by atoms with van der Waals surface area (Å²) in [5.74, 6) is -3.33. The van der Waals surface area contributed by atoms with Crippen molar-refractivity contribution in [2.45, 2.75) is 37.6 Å². The second-order valence-corrected chi connectivity index (χ2v) is 7.77. The lowest BCUT2D eigenvalue weighted by atomic mass is 9.69. The Balaban J connectivity index is 1.69. The van der Waals surface area contributed by atoms with Crippen molar-refractivity contribution in [3.8, 4) is 0 Å². The second kappa shape index (κ2) is 4.85. The van der Waals surface area contributed by atoms with E-state index in [4.69, 9.17) is 9.15 Å². The number of carboxylic acids is 1. The standard InChI is InChI=1S/C19H19NO6/c1-8-14(11-4-3-7-25-11)20-16(9(2)15(8)21)19-6-5-10(26-19)12(18(23)24)13(19)17(20)22/h3-10,12-14,16H,1-2H3,(H,23,24)/t8-,9+,10-,12-,13-,14-,16-,19+/m1/s1. The van der Waals surface area contributed by atoms with Gasteiger partial charge in [0.25, 0.3) is 0 Å². The number of carboxylic acid groups (broad SMARTS) is 1. The third-order valence-electron chi connectivity index (χ3n) is 6.63. The van der Waals surface area contributed by atoms with E-state index < -0.39 is 53.4 Å². The normalized spacial score (nSPS) is 45.9. The average Bonchev–Trinajstić information content (AvgIpc) is 3.35. The molecule has 26 heavy (non-hydrogen) atoms. The highest BCUT2D eigenvalue weighted by Gasteiger charge is 2.75. The second-order valence-electron chi connectivity index (χ2n) is 7.77. The zero-order chi connectivity index (χ0) is 18.4. The Kier molecular flexibility index (Phi) is 2.95. The summed E-state index contributed by atoms with van der Waals surface area (Å²) in [4.78, 5) is 39.9. The highest BCUT2D eigenvalue weighted by atomic mass is 16.5. The third-order valence-corrected chi connectivity index (χ3v) is 6.63. The van der Waals surface area contributed by atoms with Gasteiger partial charge in [-0.3, -0.25) is 14.4 Å². The van der Waals surface area contributed by atoms with Crippen molar-refractivity contribution in [2.75, 3.05) is 0 Å². The van der Waals surface area contributed by atoms with E-state index in [0.717, 1.165) is 0 Å². The average molecular weight is 357 g/mol. The van der Waals surface area contributed by atoms with Gasteiger partial charge in [0.15, 0.2) is 0 Å². The fourth-order valence-electron chi connectivity index (χ4n) is 5.65. The van der Waals surface area contributed by atoms with Crippen molar-refractivity contribution in [1.82, 2.24) is 4.90 Å². The quantitative estimate of drug-likeness (QED) is 0.804. The van der Waals surface area contributed by atoms with Gasteiger partial charge >= 0.3 is 5.97 Å². The number of rotatable bonds is 2. The maximum Gasteiger partial charge on any atom is 0.310 e. The molecule has 1 amide bonds. The number of ketones is 1. The number of Topliss-reactive ketones (excluding diaryl/α,β-unsaturated/α-hetero) is 1. The van der Waals surface area contributed by atoms with E-state index in [2.05, 4.69) is 0 Å². The summed E-state index contributed by atoms with van der Waals surface area (Å²) in [6.07, 6.45) is 4.43. The van der Waals surface area contributed by atoms with Crippen LogP contribution in [-0.4, -0.2) is 45.4 Å². The lowest BCUT2D eigenvalue weighted by Gasteiger charge is -2.46. The molecule has 7 nitrogen and oxygen atoms in total. The molecule has 5 rings (SSSR count). The van der Waals surface area contributed by atoms with Crippen LogP contribution in [0, 0.1) is 23.7 Å². The van der Waals surface area contributed by atoms with Crippen LogP contribution in [0.5, 0.6) is 0 Å². The van der Waals surface area contributed by atoms with Gasteiger partial charge in [-0.2, -0.15) is 0 Å². The molecule has 7 heteroatoms. The molecule has 1 N–H and O–H groups in total. The summed E-state index contributed by atoms with van der Waals surface area (Å²) >= 11 is 0. The van der Waals surface area contributed by atoms with Crippen LogP contribution in [0.3, 0.4) is 0 Å². The molecule has 2 bridgehead atoms. The molecule has 136 valence electrons. The van der Waals surface area contributed by atoms with E-state index in [1.165, 1.54) is 6.26 Å². The van der Waals surface area contributed by atoms with E-state index in [9.17, 15) is 19.5 Å². The first-order valence-corrected chi connectivity index (χ1v) is 8.88. The Labute approximate surface area is 149 Å². The van der Waals surface area contributed by atoms with Crippen molar-refractivity contribution in [3.05, 3.63) is 36.3 Å². The van der Waals surface area contributed by atoms with Gasteiger partial charge in [0.1, 0.15) is 23.1 Å². The fraction of sp³-hybridized carbons (Fsp3) is 0.526. The number of hydrogen-bond donors (Lipinski definition) is 1. The zero-order valence-electron chi connectivity index (χ0n) is 14.4. The predicted octanol–water partition coefficient (Wildman–Crippen LogP) is 1.41. The molecule has 0 aromatic carbocycles. The minimum absolute atomic E-state index is 0.0368. The SMILES string of the molecule is C[C@H]1C(=O)[C@H](C)[C@H]2N(C(=O)[C@H]3[C@H](C(=O)O)[C@H]4C=C[C@]32O4)[C@H]1c1ccco1. The fourth-order valence-corrected chi connectivity index (χ4v) is 5.65. The molecule has 0 unspecified atom stereocenters. The van der Waals surface area contributed by atoms with Crippen molar-refractivity contribution < 1.29 is 28.6 Å². The maximum absolute atomic E-state index is 13.4. The largest absolute Gasteiger partial charge is 0.481 e. The lowest BCUT2D eigenvalue weighted by molar-refractivity contribution is -0.156. The summed E-state index contributed by atoms with van der Waals surface area (Å²) in [5, 5.41) is 9.68. The summed E-state index contributed by atoms with van der Waals surface area (Å²) in [7, 11) is 0. The van der Waals surface area contributed by atoms with Gasteiger partial charge in [0.2, 0.25) is 5.91 Å². The predicted molar refractivity (Wildman–Crippen MR) is 86.8 cm³/mol. The minimum Gasteiger partial charge on any atom is -0.481 e. The number of carbonyl (C=O) groups excluding carboxylic acids is 2. The molecule has 0 saturated carbocycles. The lowest BCUT2D eigenvalue weighted by Crippen LogP contribution is -2.58. The number of aliphatic carboxylic acids is 1. The molecule has 1 aromatic heterocycles. The third kappa shape index (κ3) is 1.60. The maximum atomic E-state index is 13.4. The molecule has 0 aliphatic carbocycles. The molecule has 5 heterocycles. The topological polar surface area (TPSA) is 97.1 Å². The molecule has 3 saturated heterocycles. The number of carbonyl (C=O) groups is 3. The van der Waals surface area contributed by atoms with Gasteiger partial charge in [-0.25, -0.2) is 0 Å². The highest BCUT2D eigenvalue weighted by Crippen LogP contribution is 2.60. The summed E-state index contributed by atoms with van der Waals surface area (Å²) in [5.41, 5.74) is -1.05. The van der Waals surface area contributed by atoms with Gasteiger partial charge in [-0.05, 0) is 12.1 Å². The minimum atomic E-state index is -1.05. The molecule has 3 fully saturated rings. The monoisotopic (exact) mass is 357 g/mol. The summed E-state index contributed by atoms with van der Waals surface area (Å²) in [6.45, 7) is 3.60. The Morgan fingerprint density at radius 3 is 2.69 bits per heavy atom. The first kappa shape index (κ1) is 15.8. The molecule has 1 aromatic rings. The Morgan fingerprint density at radius 1 is 1.27 bits per heavy atom. The van der Waals surface area contributed by atoms with Gasteiger partial charge < -0.3 is 19.2 Å². The van der Waals surface area contributed by atoms with Crippen LogP contribution < -0.4 is 0 Å². The van der Waals surface area contributed by atoms with E-state index in [0.29, 0.717) is 5.76 Å². The number of furan rings is 1. The van der Waals surface area contributed by atoms with E-state index in [1.807, 2.05) is 6.08 Å². The number of piperidine rings is 1. The molecular weight excluding hydrogens is 338 g/mol. The van der Waals surface area contributed by atoms with Crippen molar-refractivity contribution >= 4 is 17.7 Å². The number of ether oxygens (including phenoxy) is 1. The molecule has 1 spiro atoms. The van der Waals surface area contributed by atoms with Crippen molar-refractivity contribution in [2.24, 2.45) is 23.7 Å². The van der Waals surface area contributed by atoms with Crippen molar-refractivity contribution in [1.29, 1.82) is 0 Å². The van der Waals surface area contributed by atoms with Gasteiger partial charge in [-0.15, -0.1) is 0 Å². The van der Waals surface area contributed by atoms with Crippen LogP contribution in [0.15, 0.2) is 35.0 Å². The van der Waals surface area contributed by atoms with E-state index in [-0.39, 0.29) is 11.7 Å². The summed E-state index contributed by atoms with van der Waals surface area (Å²) in [6, 6.07) is 2.41. The van der Waals surface area contributed by atoms with Crippen LogP contribution in [0.1, 0.15) is 25.6 Å². The van der Waals surface area contributed by atoms with Crippen LogP contribution in [0.25, 0.3) is 0 Å². The van der Waals surface area contributed by atoms with Crippen LogP contribution in [0.2, 0.25) is 0 Å². The van der Waals surface area contributed by atoms with Crippen LogP contribution >= 0.6 is 0 Å². The Bertz CT molecular complexity index is 844. The smallest absolute Gasteiger partial charge is 0.310 e. The van der Waals surface area contributed by atoms with Gasteiger partial charge in [0.05, 0.1) is 30.4 Å². The van der Waals surface area contributed by atoms with Gasteiger partial charge in [0, 0.05) is 11.8 Å². The Hall–Kier alpha value is -2.41. The van der Waals surface area contributed by atoms with Crippen LogP contribution in [0.4, 0.5) is 0 Å². The van der Waals surface area contributed by atoms with Crippen LogP contribution in [-0.2, 0) is 19.1 Å². The zero-order valence-corrected chi connectivity index (χ0v) is 14.4. The van der Waals surface area contributed by atoms with E-state index >= 15 is 0 Å². The first-order chi connectivity index (χ1) is 12.4. The first-order valence-electron chi connectivity index (χ1n) is 8.88. The molecule has 4 aliphatic heterocycles. The highest BCUT2D eigenvalue weighted by molar-refractivity contribution is 5.96. The van der Waals surface area contributed by atoms with Gasteiger partial charge in [-0.1, -0.05) is 26.0 Å².